The van der Waals surface area contributed by atoms with Crippen molar-refractivity contribution in [3.8, 4) is 0 Å². The summed E-state index contributed by atoms with van der Waals surface area (Å²) in [5.41, 5.74) is 2.67. The van der Waals surface area contributed by atoms with Crippen molar-refractivity contribution in [3.63, 3.8) is 0 Å². The molecule has 5 heteroatoms. The molecule has 0 aliphatic heterocycles. The SMILES string of the molecule is O=C(CSc1nc2ccccc2[nH]1)c1ccc(I)cc1. The maximum absolute atomic E-state index is 12.1. The third kappa shape index (κ3) is 3.04. The summed E-state index contributed by atoms with van der Waals surface area (Å²) in [5, 5.41) is 0.782. The van der Waals surface area contributed by atoms with Crippen molar-refractivity contribution in [3.05, 3.63) is 57.7 Å². The van der Waals surface area contributed by atoms with Crippen LogP contribution in [0.1, 0.15) is 10.4 Å². The van der Waals surface area contributed by atoms with E-state index in [0.29, 0.717) is 5.75 Å². The van der Waals surface area contributed by atoms with E-state index in [2.05, 4.69) is 32.6 Å². The Morgan fingerprint density at radius 1 is 1.15 bits per heavy atom. The fraction of sp³-hybridized carbons (Fsp3) is 0.0667. The summed E-state index contributed by atoms with van der Waals surface area (Å²) < 4.78 is 1.13. The summed E-state index contributed by atoms with van der Waals surface area (Å²) in [7, 11) is 0. The Labute approximate surface area is 134 Å². The van der Waals surface area contributed by atoms with E-state index in [1.807, 2.05) is 48.5 Å². The smallest absolute Gasteiger partial charge is 0.173 e. The number of hydrogen-bond acceptors (Lipinski definition) is 3. The zero-order chi connectivity index (χ0) is 13.9. The molecular weight excluding hydrogens is 383 g/mol. The highest BCUT2D eigenvalue weighted by Gasteiger charge is 2.09. The van der Waals surface area contributed by atoms with Gasteiger partial charge in [0.15, 0.2) is 10.9 Å². The van der Waals surface area contributed by atoms with Crippen molar-refractivity contribution in [1.82, 2.24) is 9.97 Å². The van der Waals surface area contributed by atoms with Gasteiger partial charge in [-0.25, -0.2) is 4.98 Å². The van der Waals surface area contributed by atoms with Gasteiger partial charge in [0.25, 0.3) is 0 Å². The monoisotopic (exact) mass is 394 g/mol. The maximum Gasteiger partial charge on any atom is 0.173 e. The van der Waals surface area contributed by atoms with E-state index < -0.39 is 0 Å². The van der Waals surface area contributed by atoms with Gasteiger partial charge in [0.1, 0.15) is 0 Å². The highest BCUT2D eigenvalue weighted by atomic mass is 127. The Morgan fingerprint density at radius 2 is 1.90 bits per heavy atom. The molecule has 2 aromatic carbocycles. The average molecular weight is 394 g/mol. The molecule has 3 nitrogen and oxygen atoms in total. The number of halogens is 1. The quantitative estimate of drug-likeness (QED) is 0.411. The minimum atomic E-state index is 0.117. The average Bonchev–Trinajstić information content (AvgIpc) is 2.88. The molecule has 100 valence electrons. The first kappa shape index (κ1) is 13.6. The van der Waals surface area contributed by atoms with Crippen molar-refractivity contribution in [2.75, 3.05) is 5.75 Å². The van der Waals surface area contributed by atoms with Crippen LogP contribution in [-0.4, -0.2) is 21.5 Å². The highest BCUT2D eigenvalue weighted by Crippen LogP contribution is 2.20. The van der Waals surface area contributed by atoms with Crippen LogP contribution in [0, 0.1) is 3.57 Å². The lowest BCUT2D eigenvalue weighted by Gasteiger charge is -1.99. The number of thioether (sulfide) groups is 1. The molecule has 1 aromatic heterocycles. The normalized spacial score (nSPS) is 10.8. The lowest BCUT2D eigenvalue weighted by atomic mass is 10.2. The molecule has 3 rings (SSSR count). The Balaban J connectivity index is 1.69. The van der Waals surface area contributed by atoms with Crippen molar-refractivity contribution in [2.45, 2.75) is 5.16 Å². The van der Waals surface area contributed by atoms with Crippen molar-refractivity contribution in [2.24, 2.45) is 0 Å². The Kier molecular flexibility index (Phi) is 4.07. The first-order valence-corrected chi connectivity index (χ1v) is 8.15. The van der Waals surface area contributed by atoms with Gasteiger partial charge in [0.2, 0.25) is 0 Å². The Bertz CT molecular complexity index is 719. The third-order valence-electron chi connectivity index (χ3n) is 2.87. The number of nitrogens with one attached hydrogen (secondary N) is 1. The van der Waals surface area contributed by atoms with E-state index in [0.717, 1.165) is 25.3 Å². The highest BCUT2D eigenvalue weighted by molar-refractivity contribution is 14.1. The minimum Gasteiger partial charge on any atom is -0.333 e. The van der Waals surface area contributed by atoms with Gasteiger partial charge in [-0.15, -0.1) is 0 Å². The molecule has 0 amide bonds. The number of hydrogen-bond donors (Lipinski definition) is 1. The lowest BCUT2D eigenvalue weighted by molar-refractivity contribution is 0.102. The summed E-state index contributed by atoms with van der Waals surface area (Å²) in [6.07, 6.45) is 0. The summed E-state index contributed by atoms with van der Waals surface area (Å²) in [5.74, 6) is 0.507. The van der Waals surface area contributed by atoms with Gasteiger partial charge in [-0.3, -0.25) is 4.79 Å². The van der Waals surface area contributed by atoms with Crippen molar-refractivity contribution >= 4 is 51.2 Å². The number of imidazole rings is 1. The standard InChI is InChI=1S/C15H11IN2OS/c16-11-7-5-10(6-8-11)14(19)9-20-15-17-12-3-1-2-4-13(12)18-15/h1-8H,9H2,(H,17,18). The molecule has 0 aliphatic rings. The summed E-state index contributed by atoms with van der Waals surface area (Å²) in [4.78, 5) is 19.7. The molecule has 0 bridgehead atoms. The molecule has 0 saturated carbocycles. The molecule has 0 radical (unpaired) electrons. The fourth-order valence-corrected chi connectivity index (χ4v) is 2.99. The second kappa shape index (κ2) is 5.97. The van der Waals surface area contributed by atoms with Crippen LogP contribution in [-0.2, 0) is 0 Å². The predicted molar refractivity (Wildman–Crippen MR) is 90.3 cm³/mol. The van der Waals surface area contributed by atoms with Crippen LogP contribution in [0.15, 0.2) is 53.7 Å². The minimum absolute atomic E-state index is 0.117. The molecule has 0 aliphatic carbocycles. The summed E-state index contributed by atoms with van der Waals surface area (Å²) in [6.45, 7) is 0. The second-order valence-corrected chi connectivity index (χ2v) is 6.49. The van der Waals surface area contributed by atoms with Crippen LogP contribution in [0.3, 0.4) is 0 Å². The molecule has 1 N–H and O–H groups in total. The summed E-state index contributed by atoms with van der Waals surface area (Å²) >= 11 is 3.66. The van der Waals surface area contributed by atoms with Gasteiger partial charge in [0, 0.05) is 9.13 Å². The number of carbonyl (C=O) groups excluding carboxylic acids is 1. The van der Waals surface area contributed by atoms with Gasteiger partial charge in [-0.05, 0) is 46.9 Å². The van der Waals surface area contributed by atoms with Crippen LogP contribution in [0.2, 0.25) is 0 Å². The number of ketones is 1. The molecular formula is C15H11IN2OS. The van der Waals surface area contributed by atoms with E-state index in [1.165, 1.54) is 11.8 Å². The number of Topliss-reactive ketones (excluding diaryl/α,β-unsaturated/α-hetero) is 1. The van der Waals surface area contributed by atoms with Crippen LogP contribution in [0.25, 0.3) is 11.0 Å². The van der Waals surface area contributed by atoms with Crippen LogP contribution in [0.5, 0.6) is 0 Å². The number of H-pyrrole nitrogens is 1. The maximum atomic E-state index is 12.1. The van der Waals surface area contributed by atoms with Gasteiger partial charge in [0.05, 0.1) is 16.8 Å². The van der Waals surface area contributed by atoms with Crippen LogP contribution in [0.4, 0.5) is 0 Å². The largest absolute Gasteiger partial charge is 0.333 e. The lowest BCUT2D eigenvalue weighted by Crippen LogP contribution is -2.02. The molecule has 3 aromatic rings. The number of aromatic amines is 1. The number of rotatable bonds is 4. The van der Waals surface area contributed by atoms with E-state index in [9.17, 15) is 4.79 Å². The zero-order valence-electron chi connectivity index (χ0n) is 10.5. The van der Waals surface area contributed by atoms with Crippen molar-refractivity contribution in [1.29, 1.82) is 0 Å². The number of para-hydroxylation sites is 2. The summed E-state index contributed by atoms with van der Waals surface area (Å²) in [6, 6.07) is 15.5. The van der Waals surface area contributed by atoms with Gasteiger partial charge in [-0.2, -0.15) is 0 Å². The number of fused-ring (bicyclic) bond motifs is 1. The first-order valence-electron chi connectivity index (χ1n) is 6.09. The molecule has 0 spiro atoms. The first-order chi connectivity index (χ1) is 9.72. The van der Waals surface area contributed by atoms with Crippen molar-refractivity contribution < 1.29 is 4.79 Å². The second-order valence-electron chi connectivity index (χ2n) is 4.28. The van der Waals surface area contributed by atoms with Gasteiger partial charge in [-0.1, -0.05) is 36.0 Å². The molecule has 0 atom stereocenters. The zero-order valence-corrected chi connectivity index (χ0v) is 13.4. The molecule has 1 heterocycles. The third-order valence-corrected chi connectivity index (χ3v) is 4.47. The number of nitrogens with zero attached hydrogens (tertiary/aromatic N) is 1. The number of aromatic nitrogens is 2. The molecule has 20 heavy (non-hydrogen) atoms. The number of benzene rings is 2. The topological polar surface area (TPSA) is 45.8 Å². The van der Waals surface area contributed by atoms with E-state index in [1.54, 1.807) is 0 Å². The van der Waals surface area contributed by atoms with Gasteiger partial charge < -0.3 is 4.98 Å². The molecule has 0 unspecified atom stereocenters. The molecule has 0 fully saturated rings. The number of carbonyl (C=O) groups is 1. The van der Waals surface area contributed by atoms with Gasteiger partial charge >= 0.3 is 0 Å². The Hall–Kier alpha value is -1.34. The Morgan fingerprint density at radius 3 is 2.65 bits per heavy atom. The van der Waals surface area contributed by atoms with Crippen LogP contribution >= 0.6 is 34.4 Å². The van der Waals surface area contributed by atoms with E-state index in [-0.39, 0.29) is 5.78 Å². The van der Waals surface area contributed by atoms with E-state index >= 15 is 0 Å². The fourth-order valence-electron chi connectivity index (χ4n) is 1.85. The van der Waals surface area contributed by atoms with Crippen LogP contribution < -0.4 is 0 Å². The predicted octanol–water partition coefficient (Wildman–Crippen LogP) is 4.14. The molecule has 0 saturated heterocycles. The van der Waals surface area contributed by atoms with E-state index in [4.69, 9.17) is 0 Å².